The first-order valence-corrected chi connectivity index (χ1v) is 10.3. The predicted molar refractivity (Wildman–Crippen MR) is 109 cm³/mol. The number of rotatable bonds is 5. The summed E-state index contributed by atoms with van der Waals surface area (Å²) in [5, 5.41) is 14.9. The van der Waals surface area contributed by atoms with Gasteiger partial charge in [0.15, 0.2) is 0 Å². The number of aryl methyl sites for hydroxylation is 1. The lowest BCUT2D eigenvalue weighted by Gasteiger charge is -2.20. The molecule has 2 amide bonds. The summed E-state index contributed by atoms with van der Waals surface area (Å²) in [6.45, 7) is 0.310. The Morgan fingerprint density at radius 1 is 1.28 bits per heavy atom. The van der Waals surface area contributed by atoms with E-state index in [1.165, 1.54) is 11.0 Å². The van der Waals surface area contributed by atoms with Gasteiger partial charge in [0.05, 0.1) is 11.6 Å². The van der Waals surface area contributed by atoms with Crippen LogP contribution in [-0.2, 0) is 17.8 Å². The molecule has 166 valence electrons. The number of nitrogens with zero attached hydrogens (tertiary/aromatic N) is 5. The number of hydrogen-bond donors (Lipinski definition) is 2. The number of amides is 2. The number of carbonyl (C=O) groups excluding carboxylic acids is 2. The summed E-state index contributed by atoms with van der Waals surface area (Å²) in [4.78, 5) is 29.8. The molecule has 3 heterocycles. The van der Waals surface area contributed by atoms with Gasteiger partial charge in [-0.3, -0.25) is 14.5 Å². The summed E-state index contributed by atoms with van der Waals surface area (Å²) in [5.74, 6) is -3.51. The summed E-state index contributed by atoms with van der Waals surface area (Å²) in [5.41, 5.74) is 1.31. The van der Waals surface area contributed by atoms with E-state index in [4.69, 9.17) is 0 Å². The standard InChI is InChI=1S/C21H21F2N7O2/c1-29-17-10-15(13-11-21(13,22)23)28-30(17)8-7-14(20(29)32)24-19(31)18-25-16(26-27-18)9-12-5-3-2-4-6-12/h2-6,10,13-14H,7-9,11H2,1H3,(H,24,31)(H,25,26,27)/t13?,14-/m0/s1. The second-order valence-electron chi connectivity index (χ2n) is 8.16. The van der Waals surface area contributed by atoms with Crippen LogP contribution in [0.3, 0.4) is 0 Å². The fourth-order valence-corrected chi connectivity index (χ4v) is 3.92. The van der Waals surface area contributed by atoms with Gasteiger partial charge < -0.3 is 10.3 Å². The third-order valence-electron chi connectivity index (χ3n) is 5.83. The molecular weight excluding hydrogens is 420 g/mol. The minimum atomic E-state index is -2.73. The normalized spacial score (nSPS) is 21.7. The number of aromatic amines is 1. The number of halogens is 2. The van der Waals surface area contributed by atoms with Crippen LogP contribution in [0.4, 0.5) is 14.6 Å². The van der Waals surface area contributed by atoms with Crippen LogP contribution in [0.15, 0.2) is 36.4 Å². The van der Waals surface area contributed by atoms with Crippen molar-refractivity contribution in [2.45, 2.75) is 43.7 Å². The Labute approximate surface area is 181 Å². The number of carbonyl (C=O) groups is 2. The van der Waals surface area contributed by atoms with Crippen molar-refractivity contribution >= 4 is 17.6 Å². The highest BCUT2D eigenvalue weighted by atomic mass is 19.3. The molecular formula is C21H21F2N7O2. The van der Waals surface area contributed by atoms with Crippen molar-refractivity contribution in [3.05, 3.63) is 59.3 Å². The van der Waals surface area contributed by atoms with Crippen LogP contribution in [0, 0.1) is 0 Å². The highest BCUT2D eigenvalue weighted by molar-refractivity contribution is 6.00. The summed E-state index contributed by atoms with van der Waals surface area (Å²) >= 11 is 0. The maximum absolute atomic E-state index is 13.4. The summed E-state index contributed by atoms with van der Waals surface area (Å²) in [6, 6.07) is 10.4. The molecule has 1 aromatic carbocycles. The van der Waals surface area contributed by atoms with E-state index in [-0.39, 0.29) is 24.6 Å². The average molecular weight is 441 g/mol. The molecule has 1 aliphatic heterocycles. The maximum Gasteiger partial charge on any atom is 0.289 e. The average Bonchev–Trinajstić information content (AvgIpc) is 3.12. The van der Waals surface area contributed by atoms with Crippen molar-refractivity contribution < 1.29 is 18.4 Å². The van der Waals surface area contributed by atoms with Crippen LogP contribution < -0.4 is 10.2 Å². The number of alkyl halides is 2. The number of fused-ring (bicyclic) bond motifs is 1. The third-order valence-corrected chi connectivity index (χ3v) is 5.83. The van der Waals surface area contributed by atoms with E-state index in [0.717, 1.165) is 5.56 Å². The van der Waals surface area contributed by atoms with Gasteiger partial charge >= 0.3 is 0 Å². The van der Waals surface area contributed by atoms with Crippen molar-refractivity contribution in [1.29, 1.82) is 0 Å². The Hall–Kier alpha value is -3.63. The molecule has 1 fully saturated rings. The predicted octanol–water partition coefficient (Wildman–Crippen LogP) is 1.88. The molecule has 9 nitrogen and oxygen atoms in total. The molecule has 2 aromatic heterocycles. The fraction of sp³-hybridized carbons (Fsp3) is 0.381. The number of H-pyrrole nitrogens is 1. The Morgan fingerprint density at radius 3 is 2.75 bits per heavy atom. The Balaban J connectivity index is 1.25. The van der Waals surface area contributed by atoms with Gasteiger partial charge in [-0.25, -0.2) is 13.5 Å². The monoisotopic (exact) mass is 441 g/mol. The van der Waals surface area contributed by atoms with E-state index in [0.29, 0.717) is 30.3 Å². The van der Waals surface area contributed by atoms with Crippen molar-refractivity contribution in [1.82, 2.24) is 30.3 Å². The lowest BCUT2D eigenvalue weighted by Crippen LogP contribution is -2.47. The molecule has 2 atom stereocenters. The van der Waals surface area contributed by atoms with Crippen molar-refractivity contribution in [3.63, 3.8) is 0 Å². The van der Waals surface area contributed by atoms with Crippen LogP contribution in [0.1, 0.15) is 46.5 Å². The number of nitrogens with one attached hydrogen (secondary N) is 2. The van der Waals surface area contributed by atoms with E-state index in [1.54, 1.807) is 11.7 Å². The molecule has 2 aliphatic rings. The first-order valence-electron chi connectivity index (χ1n) is 10.3. The molecule has 11 heteroatoms. The molecule has 1 saturated carbocycles. The fourth-order valence-electron chi connectivity index (χ4n) is 3.92. The quantitative estimate of drug-likeness (QED) is 0.629. The van der Waals surface area contributed by atoms with Crippen LogP contribution in [0.2, 0.25) is 0 Å². The molecule has 5 rings (SSSR count). The highest BCUT2D eigenvalue weighted by Gasteiger charge is 2.59. The highest BCUT2D eigenvalue weighted by Crippen LogP contribution is 2.55. The van der Waals surface area contributed by atoms with Crippen molar-refractivity contribution in [2.24, 2.45) is 0 Å². The van der Waals surface area contributed by atoms with Gasteiger partial charge in [-0.1, -0.05) is 30.3 Å². The SMILES string of the molecule is CN1C(=O)[C@@H](NC(=O)c2nnc(Cc3ccccc3)[nH]2)CCn2nc(C3CC3(F)F)cc21. The molecule has 1 unspecified atom stereocenters. The zero-order valence-electron chi connectivity index (χ0n) is 17.3. The van der Waals surface area contributed by atoms with Crippen LogP contribution >= 0.6 is 0 Å². The first-order chi connectivity index (χ1) is 15.3. The van der Waals surface area contributed by atoms with E-state index < -0.39 is 23.8 Å². The smallest absolute Gasteiger partial charge is 0.289 e. The molecule has 1 aliphatic carbocycles. The van der Waals surface area contributed by atoms with Crippen molar-refractivity contribution in [3.8, 4) is 0 Å². The summed E-state index contributed by atoms with van der Waals surface area (Å²) in [6.07, 6.45) is 0.550. The van der Waals surface area contributed by atoms with Gasteiger partial charge in [0.2, 0.25) is 5.82 Å². The Morgan fingerprint density at radius 2 is 2.03 bits per heavy atom. The van der Waals surface area contributed by atoms with Gasteiger partial charge in [0, 0.05) is 32.5 Å². The molecule has 0 bridgehead atoms. The molecule has 0 radical (unpaired) electrons. The van der Waals surface area contributed by atoms with Crippen LogP contribution in [-0.4, -0.2) is 55.8 Å². The van der Waals surface area contributed by atoms with Crippen LogP contribution in [0.25, 0.3) is 0 Å². The number of anilines is 1. The summed E-state index contributed by atoms with van der Waals surface area (Å²) in [7, 11) is 1.54. The molecule has 0 saturated heterocycles. The Kier molecular flexibility index (Phi) is 4.75. The van der Waals surface area contributed by atoms with E-state index in [1.807, 2.05) is 30.3 Å². The first kappa shape index (κ1) is 20.3. The number of benzene rings is 1. The second-order valence-corrected chi connectivity index (χ2v) is 8.16. The number of aromatic nitrogens is 5. The topological polar surface area (TPSA) is 109 Å². The lowest BCUT2D eigenvalue weighted by molar-refractivity contribution is -0.120. The second kappa shape index (κ2) is 7.50. The van der Waals surface area contributed by atoms with Gasteiger partial charge in [-0.2, -0.15) is 5.10 Å². The lowest BCUT2D eigenvalue weighted by atomic mass is 10.1. The van der Waals surface area contributed by atoms with Gasteiger partial charge in [0.1, 0.15) is 17.7 Å². The minimum Gasteiger partial charge on any atom is -0.337 e. The number of hydrogen-bond acceptors (Lipinski definition) is 5. The van der Waals surface area contributed by atoms with E-state index in [9.17, 15) is 18.4 Å². The summed E-state index contributed by atoms with van der Waals surface area (Å²) < 4.78 is 28.3. The zero-order chi connectivity index (χ0) is 22.5. The van der Waals surface area contributed by atoms with Crippen molar-refractivity contribution in [2.75, 3.05) is 11.9 Å². The van der Waals surface area contributed by atoms with Gasteiger partial charge in [0.25, 0.3) is 17.7 Å². The molecule has 2 N–H and O–H groups in total. The number of likely N-dealkylation sites (N-methyl/N-ethyl adjacent to an activating group) is 1. The van der Waals surface area contributed by atoms with E-state index >= 15 is 0 Å². The van der Waals surface area contributed by atoms with Crippen LogP contribution in [0.5, 0.6) is 0 Å². The minimum absolute atomic E-state index is 0.0200. The molecule has 0 spiro atoms. The largest absolute Gasteiger partial charge is 0.337 e. The van der Waals surface area contributed by atoms with Gasteiger partial charge in [-0.05, 0) is 12.0 Å². The molecule has 3 aromatic rings. The Bertz CT molecular complexity index is 1170. The molecule has 32 heavy (non-hydrogen) atoms. The van der Waals surface area contributed by atoms with Gasteiger partial charge in [-0.15, -0.1) is 10.2 Å². The maximum atomic E-state index is 13.4. The zero-order valence-corrected chi connectivity index (χ0v) is 17.3. The van der Waals surface area contributed by atoms with E-state index in [2.05, 4.69) is 25.6 Å². The third kappa shape index (κ3) is 3.74.